The van der Waals surface area contributed by atoms with Gasteiger partial charge in [0.25, 0.3) is 0 Å². The summed E-state index contributed by atoms with van der Waals surface area (Å²) in [5.74, 6) is -0.272. The highest BCUT2D eigenvalue weighted by atomic mass is 16.5. The van der Waals surface area contributed by atoms with Crippen LogP contribution in [0.1, 0.15) is 12.0 Å². The molecule has 0 radical (unpaired) electrons. The summed E-state index contributed by atoms with van der Waals surface area (Å²) in [6.45, 7) is 4.43. The minimum atomic E-state index is -0.181. The van der Waals surface area contributed by atoms with E-state index < -0.39 is 0 Å². The van der Waals surface area contributed by atoms with Crippen molar-refractivity contribution in [1.29, 1.82) is 0 Å². The second-order valence-electron chi connectivity index (χ2n) is 5.69. The number of ether oxygens (including phenoxy) is 1. The molecule has 1 aromatic rings. The molecule has 1 saturated heterocycles. The van der Waals surface area contributed by atoms with Gasteiger partial charge in [0.05, 0.1) is 25.0 Å². The Balaban J connectivity index is 1.56. The number of nitrogens with one attached hydrogen (secondary N) is 1. The van der Waals surface area contributed by atoms with E-state index in [0.717, 1.165) is 11.3 Å². The maximum atomic E-state index is 12.3. The van der Waals surface area contributed by atoms with Gasteiger partial charge in [0.1, 0.15) is 0 Å². The highest BCUT2D eigenvalue weighted by Gasteiger charge is 2.49. The Morgan fingerprint density at radius 3 is 2.62 bits per heavy atom. The van der Waals surface area contributed by atoms with Gasteiger partial charge in [-0.3, -0.25) is 9.59 Å². The first-order valence-corrected chi connectivity index (χ1v) is 7.40. The van der Waals surface area contributed by atoms with Crippen molar-refractivity contribution in [3.63, 3.8) is 0 Å². The standard InChI is InChI=1S/C16H20N2O3/c1-11-4-2-3-5-14(11)17-15(19)12-10-13(12)16(20)18-6-8-21-9-7-18/h2-5,12-13H,6-10H2,1H3,(H,17,19). The number of morpholine rings is 1. The van der Waals surface area contributed by atoms with E-state index in [1.807, 2.05) is 36.1 Å². The van der Waals surface area contributed by atoms with Gasteiger partial charge in [0.2, 0.25) is 11.8 Å². The molecular weight excluding hydrogens is 268 g/mol. The van der Waals surface area contributed by atoms with Gasteiger partial charge in [-0.05, 0) is 25.0 Å². The normalized spacial score (nSPS) is 24.5. The number of rotatable bonds is 3. The molecule has 0 spiro atoms. The SMILES string of the molecule is Cc1ccccc1NC(=O)C1CC1C(=O)N1CCOCC1. The van der Waals surface area contributed by atoms with E-state index in [9.17, 15) is 9.59 Å². The first kappa shape index (κ1) is 14.1. The van der Waals surface area contributed by atoms with Crippen LogP contribution in [0, 0.1) is 18.8 Å². The summed E-state index contributed by atoms with van der Waals surface area (Å²) in [7, 11) is 0. The second kappa shape index (κ2) is 5.85. The third kappa shape index (κ3) is 3.08. The molecule has 2 amide bonds. The molecule has 21 heavy (non-hydrogen) atoms. The quantitative estimate of drug-likeness (QED) is 0.915. The van der Waals surface area contributed by atoms with E-state index in [1.54, 1.807) is 0 Å². The van der Waals surface area contributed by atoms with Gasteiger partial charge in [-0.15, -0.1) is 0 Å². The minimum absolute atomic E-state index is 0.0455. The average Bonchev–Trinajstić information content (AvgIpc) is 3.30. The van der Waals surface area contributed by atoms with Crippen LogP contribution in [-0.2, 0) is 14.3 Å². The number of carbonyl (C=O) groups excluding carboxylic acids is 2. The third-order valence-electron chi connectivity index (χ3n) is 4.17. The molecule has 1 N–H and O–H groups in total. The highest BCUT2D eigenvalue weighted by molar-refractivity contribution is 5.99. The number of hydrogen-bond acceptors (Lipinski definition) is 3. The van der Waals surface area contributed by atoms with Crippen LogP contribution in [0.15, 0.2) is 24.3 Å². The van der Waals surface area contributed by atoms with Crippen LogP contribution in [0.3, 0.4) is 0 Å². The van der Waals surface area contributed by atoms with Crippen LogP contribution < -0.4 is 5.32 Å². The molecule has 112 valence electrons. The van der Waals surface area contributed by atoms with Crippen molar-refractivity contribution < 1.29 is 14.3 Å². The van der Waals surface area contributed by atoms with E-state index in [1.165, 1.54) is 0 Å². The summed E-state index contributed by atoms with van der Waals surface area (Å²) in [5, 5.41) is 2.93. The minimum Gasteiger partial charge on any atom is -0.378 e. The van der Waals surface area contributed by atoms with Crippen molar-refractivity contribution in [3.05, 3.63) is 29.8 Å². The predicted molar refractivity (Wildman–Crippen MR) is 78.8 cm³/mol. The van der Waals surface area contributed by atoms with Crippen LogP contribution in [0.25, 0.3) is 0 Å². The van der Waals surface area contributed by atoms with Crippen molar-refractivity contribution in [2.75, 3.05) is 31.6 Å². The number of benzene rings is 1. The summed E-state index contributed by atoms with van der Waals surface area (Å²) in [4.78, 5) is 26.3. The molecule has 1 aliphatic heterocycles. The molecule has 0 bridgehead atoms. The molecule has 5 heteroatoms. The average molecular weight is 288 g/mol. The summed E-state index contributed by atoms with van der Waals surface area (Å²) >= 11 is 0. The lowest BCUT2D eigenvalue weighted by Gasteiger charge is -2.27. The summed E-state index contributed by atoms with van der Waals surface area (Å²) in [6, 6.07) is 7.67. The van der Waals surface area contributed by atoms with Crippen molar-refractivity contribution in [1.82, 2.24) is 4.90 Å². The number of para-hydroxylation sites is 1. The van der Waals surface area contributed by atoms with Gasteiger partial charge in [-0.25, -0.2) is 0 Å². The zero-order valence-corrected chi connectivity index (χ0v) is 12.2. The number of carbonyl (C=O) groups is 2. The zero-order valence-electron chi connectivity index (χ0n) is 12.2. The van der Waals surface area contributed by atoms with E-state index in [4.69, 9.17) is 4.74 Å². The predicted octanol–water partition coefficient (Wildman–Crippen LogP) is 1.43. The van der Waals surface area contributed by atoms with Gasteiger partial charge < -0.3 is 15.0 Å². The monoisotopic (exact) mass is 288 g/mol. The number of hydrogen-bond donors (Lipinski definition) is 1. The third-order valence-corrected chi connectivity index (χ3v) is 4.17. The Hall–Kier alpha value is -1.88. The number of amides is 2. The smallest absolute Gasteiger partial charge is 0.228 e. The maximum absolute atomic E-state index is 12.3. The fraction of sp³-hybridized carbons (Fsp3) is 0.500. The van der Waals surface area contributed by atoms with E-state index in [-0.39, 0.29) is 23.7 Å². The van der Waals surface area contributed by atoms with Gasteiger partial charge >= 0.3 is 0 Å². The first-order chi connectivity index (χ1) is 10.2. The molecule has 1 heterocycles. The molecule has 5 nitrogen and oxygen atoms in total. The van der Waals surface area contributed by atoms with E-state index >= 15 is 0 Å². The molecule has 2 atom stereocenters. The lowest BCUT2D eigenvalue weighted by atomic mass is 10.2. The molecule has 1 saturated carbocycles. The van der Waals surface area contributed by atoms with Crippen molar-refractivity contribution in [2.24, 2.45) is 11.8 Å². The van der Waals surface area contributed by atoms with Crippen LogP contribution in [-0.4, -0.2) is 43.0 Å². The largest absolute Gasteiger partial charge is 0.378 e. The number of nitrogens with zero attached hydrogens (tertiary/aromatic N) is 1. The van der Waals surface area contributed by atoms with Crippen LogP contribution in [0.4, 0.5) is 5.69 Å². The van der Waals surface area contributed by atoms with Gasteiger partial charge in [-0.2, -0.15) is 0 Å². The Morgan fingerprint density at radius 1 is 1.19 bits per heavy atom. The Kier molecular flexibility index (Phi) is 3.92. The second-order valence-corrected chi connectivity index (χ2v) is 5.69. The van der Waals surface area contributed by atoms with Gasteiger partial charge in [-0.1, -0.05) is 18.2 Å². The molecule has 2 fully saturated rings. The van der Waals surface area contributed by atoms with Crippen LogP contribution in [0.2, 0.25) is 0 Å². The summed E-state index contributed by atoms with van der Waals surface area (Å²) < 4.78 is 5.24. The lowest BCUT2D eigenvalue weighted by Crippen LogP contribution is -2.42. The Labute approximate surface area is 124 Å². The Bertz CT molecular complexity index is 552. The van der Waals surface area contributed by atoms with E-state index in [2.05, 4.69) is 5.32 Å². The fourth-order valence-corrected chi connectivity index (χ4v) is 2.71. The summed E-state index contributed by atoms with van der Waals surface area (Å²) in [6.07, 6.45) is 0.661. The molecule has 0 aromatic heterocycles. The number of aryl methyl sites for hydroxylation is 1. The van der Waals surface area contributed by atoms with Gasteiger partial charge in [0, 0.05) is 18.8 Å². The van der Waals surface area contributed by atoms with Crippen molar-refractivity contribution in [3.8, 4) is 0 Å². The highest BCUT2D eigenvalue weighted by Crippen LogP contribution is 2.41. The topological polar surface area (TPSA) is 58.6 Å². The van der Waals surface area contributed by atoms with Crippen LogP contribution >= 0.6 is 0 Å². The Morgan fingerprint density at radius 2 is 1.90 bits per heavy atom. The van der Waals surface area contributed by atoms with Gasteiger partial charge in [0.15, 0.2) is 0 Å². The first-order valence-electron chi connectivity index (χ1n) is 7.40. The zero-order chi connectivity index (χ0) is 14.8. The fourth-order valence-electron chi connectivity index (χ4n) is 2.71. The van der Waals surface area contributed by atoms with E-state index in [0.29, 0.717) is 32.7 Å². The molecular formula is C16H20N2O3. The molecule has 2 unspecified atom stereocenters. The number of anilines is 1. The molecule has 2 aliphatic rings. The molecule has 1 aliphatic carbocycles. The summed E-state index contributed by atoms with van der Waals surface area (Å²) in [5.41, 5.74) is 1.86. The molecule has 1 aromatic carbocycles. The lowest BCUT2D eigenvalue weighted by molar-refractivity contribution is -0.137. The van der Waals surface area contributed by atoms with Crippen LogP contribution in [0.5, 0.6) is 0 Å². The van der Waals surface area contributed by atoms with Crippen molar-refractivity contribution in [2.45, 2.75) is 13.3 Å². The maximum Gasteiger partial charge on any atom is 0.228 e. The molecule has 3 rings (SSSR count). The van der Waals surface area contributed by atoms with Crippen molar-refractivity contribution >= 4 is 17.5 Å².